The van der Waals surface area contributed by atoms with Gasteiger partial charge in [-0.2, -0.15) is 0 Å². The maximum atomic E-state index is 12.4. The van der Waals surface area contributed by atoms with Crippen molar-refractivity contribution in [3.8, 4) is 11.5 Å². The lowest BCUT2D eigenvalue weighted by molar-refractivity contribution is 0.0825. The third-order valence-corrected chi connectivity index (χ3v) is 6.01. The molecule has 9 heteroatoms. The van der Waals surface area contributed by atoms with Crippen molar-refractivity contribution < 1.29 is 9.47 Å². The van der Waals surface area contributed by atoms with Crippen LogP contribution in [0.3, 0.4) is 0 Å². The topological polar surface area (TPSA) is 83.5 Å². The summed E-state index contributed by atoms with van der Waals surface area (Å²) >= 11 is 1.48. The molecule has 5 rings (SSSR count). The van der Waals surface area contributed by atoms with Gasteiger partial charge < -0.3 is 14.0 Å². The summed E-state index contributed by atoms with van der Waals surface area (Å²) in [4.78, 5) is 17.0. The number of aryl methyl sites for hydroxylation is 1. The summed E-state index contributed by atoms with van der Waals surface area (Å²) < 4.78 is 15.3. The molecule has 4 heterocycles. The van der Waals surface area contributed by atoms with Gasteiger partial charge in [0.1, 0.15) is 12.3 Å². The number of hydrogen-bond donors (Lipinski definition) is 0. The molecule has 1 aromatic carbocycles. The van der Waals surface area contributed by atoms with Gasteiger partial charge in [0.25, 0.3) is 5.56 Å². The maximum absolute atomic E-state index is 12.4. The average Bonchev–Trinajstić information content (AvgIpc) is 3.13. The Morgan fingerprint density at radius 3 is 2.87 bits per heavy atom. The number of pyridine rings is 1. The molecule has 0 bridgehead atoms. The second-order valence-corrected chi connectivity index (χ2v) is 7.97. The van der Waals surface area contributed by atoms with E-state index in [9.17, 15) is 4.79 Å². The molecule has 3 aromatic heterocycles. The van der Waals surface area contributed by atoms with E-state index in [1.807, 2.05) is 54.9 Å². The zero-order valence-electron chi connectivity index (χ0n) is 16.5. The van der Waals surface area contributed by atoms with Gasteiger partial charge in [-0.1, -0.05) is 30.0 Å². The Morgan fingerprint density at radius 2 is 2.00 bits per heavy atom. The Morgan fingerprint density at radius 1 is 1.17 bits per heavy atom. The summed E-state index contributed by atoms with van der Waals surface area (Å²) in [6.07, 6.45) is 1.39. The minimum atomic E-state index is -0.335. The highest BCUT2D eigenvalue weighted by Crippen LogP contribution is 2.35. The first-order chi connectivity index (χ1) is 14.6. The lowest BCUT2D eigenvalue weighted by Gasteiger charge is -2.25. The summed E-state index contributed by atoms with van der Waals surface area (Å²) in [7, 11) is 1.90. The van der Waals surface area contributed by atoms with Crippen LogP contribution in [-0.4, -0.2) is 30.8 Å². The van der Waals surface area contributed by atoms with Crippen molar-refractivity contribution in [2.45, 2.75) is 23.9 Å². The molecular formula is C21H19N5O3S. The normalized spacial score (nSPS) is 15.5. The summed E-state index contributed by atoms with van der Waals surface area (Å²) in [6.45, 7) is 2.31. The number of para-hydroxylation sites is 2. The van der Waals surface area contributed by atoms with Gasteiger partial charge in [-0.25, -0.2) is 4.98 Å². The fourth-order valence-corrected chi connectivity index (χ4v) is 4.21. The minimum Gasteiger partial charge on any atom is -0.485 e. The van der Waals surface area contributed by atoms with Crippen molar-refractivity contribution in [1.82, 2.24) is 24.1 Å². The Kier molecular flexibility index (Phi) is 4.66. The first kappa shape index (κ1) is 18.7. The van der Waals surface area contributed by atoms with Gasteiger partial charge in [0.05, 0.1) is 5.69 Å². The van der Waals surface area contributed by atoms with Gasteiger partial charge in [-0.05, 0) is 30.7 Å². The molecule has 1 aliphatic rings. The number of aromatic nitrogens is 5. The van der Waals surface area contributed by atoms with Crippen molar-refractivity contribution in [1.29, 1.82) is 0 Å². The van der Waals surface area contributed by atoms with Crippen LogP contribution < -0.4 is 15.0 Å². The van der Waals surface area contributed by atoms with Crippen LogP contribution in [0.4, 0.5) is 0 Å². The highest BCUT2D eigenvalue weighted by Gasteiger charge is 2.27. The van der Waals surface area contributed by atoms with Crippen LogP contribution in [0.15, 0.2) is 58.6 Å². The van der Waals surface area contributed by atoms with E-state index in [1.54, 1.807) is 16.7 Å². The molecule has 0 radical (unpaired) electrons. The molecule has 4 aromatic rings. The van der Waals surface area contributed by atoms with Crippen LogP contribution in [0.5, 0.6) is 11.5 Å². The van der Waals surface area contributed by atoms with Gasteiger partial charge in [0.15, 0.2) is 28.6 Å². The molecule has 0 saturated heterocycles. The maximum Gasteiger partial charge on any atom is 0.258 e. The molecule has 0 N–H and O–H groups in total. The number of benzene rings is 1. The number of thioether (sulfide) groups is 1. The van der Waals surface area contributed by atoms with Gasteiger partial charge in [-0.15, -0.1) is 10.2 Å². The monoisotopic (exact) mass is 421 g/mol. The first-order valence-electron chi connectivity index (χ1n) is 9.48. The molecule has 152 valence electrons. The molecule has 0 saturated carbocycles. The van der Waals surface area contributed by atoms with E-state index < -0.39 is 0 Å². The van der Waals surface area contributed by atoms with E-state index >= 15 is 0 Å². The van der Waals surface area contributed by atoms with Crippen molar-refractivity contribution in [2.75, 3.05) is 6.61 Å². The Labute approximate surface area is 176 Å². The predicted molar refractivity (Wildman–Crippen MR) is 112 cm³/mol. The number of fused-ring (bicyclic) bond motifs is 2. The Hall–Kier alpha value is -3.33. The zero-order chi connectivity index (χ0) is 20.7. The van der Waals surface area contributed by atoms with Crippen LogP contribution in [0.1, 0.15) is 23.2 Å². The van der Waals surface area contributed by atoms with Crippen molar-refractivity contribution in [3.05, 3.63) is 76.1 Å². The average molecular weight is 421 g/mol. The molecule has 1 unspecified atom stereocenters. The molecule has 0 aliphatic carbocycles. The first-order valence-corrected chi connectivity index (χ1v) is 10.5. The van der Waals surface area contributed by atoms with Crippen molar-refractivity contribution in [2.24, 2.45) is 7.05 Å². The van der Waals surface area contributed by atoms with Gasteiger partial charge in [-0.3, -0.25) is 9.20 Å². The van der Waals surface area contributed by atoms with Crippen LogP contribution in [-0.2, 0) is 12.8 Å². The molecule has 8 nitrogen and oxygen atoms in total. The minimum absolute atomic E-state index is 0.0932. The third-order valence-electron chi connectivity index (χ3n) is 4.95. The molecule has 0 fully saturated rings. The van der Waals surface area contributed by atoms with E-state index in [0.717, 1.165) is 16.5 Å². The highest BCUT2D eigenvalue weighted by atomic mass is 32.2. The second-order valence-electron chi connectivity index (χ2n) is 7.02. The zero-order valence-corrected chi connectivity index (χ0v) is 17.3. The van der Waals surface area contributed by atoms with Crippen LogP contribution in [0.25, 0.3) is 5.65 Å². The van der Waals surface area contributed by atoms with Gasteiger partial charge in [0.2, 0.25) is 0 Å². The fourth-order valence-electron chi connectivity index (χ4n) is 3.40. The molecule has 30 heavy (non-hydrogen) atoms. The molecule has 1 aliphatic heterocycles. The van der Waals surface area contributed by atoms with Crippen molar-refractivity contribution >= 4 is 17.4 Å². The lowest BCUT2D eigenvalue weighted by atomic mass is 10.2. The summed E-state index contributed by atoms with van der Waals surface area (Å²) in [6, 6.07) is 12.9. The van der Waals surface area contributed by atoms with Crippen molar-refractivity contribution in [3.63, 3.8) is 0 Å². The SMILES string of the molecule is Cc1cccn2c(=O)cc(CSc3nnc(C4COc5ccccc5O4)n3C)nc12. The highest BCUT2D eigenvalue weighted by molar-refractivity contribution is 7.98. The smallest absolute Gasteiger partial charge is 0.258 e. The standard InChI is InChI=1S/C21H19N5O3S/c1-13-6-5-9-26-18(27)10-14(22-19(13)26)12-30-21-24-23-20(25(21)2)17-11-28-15-7-3-4-8-16(15)29-17/h3-10,17H,11-12H2,1-2H3. The summed E-state index contributed by atoms with van der Waals surface area (Å²) in [5, 5.41) is 9.32. The molecule has 0 amide bonds. The molecule has 0 spiro atoms. The van der Waals surface area contributed by atoms with E-state index in [1.165, 1.54) is 11.8 Å². The van der Waals surface area contributed by atoms with Gasteiger partial charge in [0, 0.05) is 25.1 Å². The fraction of sp³-hybridized carbons (Fsp3) is 0.238. The lowest BCUT2D eigenvalue weighted by Crippen LogP contribution is -2.24. The summed E-state index contributed by atoms with van der Waals surface area (Å²) in [5.41, 5.74) is 2.24. The third kappa shape index (κ3) is 3.30. The van der Waals surface area contributed by atoms with Gasteiger partial charge >= 0.3 is 0 Å². The van der Waals surface area contributed by atoms with Crippen LogP contribution in [0.2, 0.25) is 0 Å². The number of ether oxygens (including phenoxy) is 2. The largest absolute Gasteiger partial charge is 0.485 e. The van der Waals surface area contributed by atoms with E-state index in [-0.39, 0.29) is 11.7 Å². The summed E-state index contributed by atoms with van der Waals surface area (Å²) in [5.74, 6) is 2.63. The van der Waals surface area contributed by atoms with Crippen LogP contribution >= 0.6 is 11.8 Å². The van der Waals surface area contributed by atoms with E-state index in [2.05, 4.69) is 15.2 Å². The molecular weight excluding hydrogens is 402 g/mol. The second kappa shape index (κ2) is 7.49. The predicted octanol–water partition coefficient (Wildman–Crippen LogP) is 2.94. The quantitative estimate of drug-likeness (QED) is 0.469. The van der Waals surface area contributed by atoms with E-state index in [0.29, 0.717) is 35.3 Å². The number of rotatable bonds is 4. The van der Waals surface area contributed by atoms with Crippen LogP contribution in [0, 0.1) is 6.92 Å². The molecule has 1 atom stereocenters. The Bertz CT molecular complexity index is 1300. The Balaban J connectivity index is 1.35. The number of hydrogen-bond acceptors (Lipinski definition) is 7. The number of nitrogens with zero attached hydrogens (tertiary/aromatic N) is 5. The van der Waals surface area contributed by atoms with E-state index in [4.69, 9.17) is 9.47 Å².